The van der Waals surface area contributed by atoms with Gasteiger partial charge in [-0.25, -0.2) is 0 Å². The van der Waals surface area contributed by atoms with Gasteiger partial charge < -0.3 is 15.5 Å². The van der Waals surface area contributed by atoms with E-state index >= 15 is 0 Å². The number of piperidine rings is 1. The molecule has 118 valence electrons. The smallest absolute Gasteiger partial charge is 0.226 e. The molecule has 1 rings (SSSR count). The van der Waals surface area contributed by atoms with E-state index in [-0.39, 0.29) is 17.4 Å². The lowest BCUT2D eigenvalue weighted by Crippen LogP contribution is -2.52. The SMILES string of the molecule is CCC1(C(=O)NC(CC(C)C)CN(C)C)CCNCC1. The summed E-state index contributed by atoms with van der Waals surface area (Å²) >= 11 is 0. The average molecular weight is 283 g/mol. The van der Waals surface area contributed by atoms with E-state index in [4.69, 9.17) is 0 Å². The zero-order chi connectivity index (χ0) is 15.2. The highest BCUT2D eigenvalue weighted by Crippen LogP contribution is 2.33. The van der Waals surface area contributed by atoms with Crippen LogP contribution in [-0.2, 0) is 4.79 Å². The van der Waals surface area contributed by atoms with E-state index in [1.807, 2.05) is 0 Å². The van der Waals surface area contributed by atoms with Crippen molar-refractivity contribution in [3.8, 4) is 0 Å². The van der Waals surface area contributed by atoms with Gasteiger partial charge in [0.25, 0.3) is 0 Å². The third kappa shape index (κ3) is 5.06. The van der Waals surface area contributed by atoms with Crippen LogP contribution in [0.2, 0.25) is 0 Å². The van der Waals surface area contributed by atoms with Gasteiger partial charge in [-0.05, 0) is 58.8 Å². The summed E-state index contributed by atoms with van der Waals surface area (Å²) < 4.78 is 0. The van der Waals surface area contributed by atoms with Crippen LogP contribution >= 0.6 is 0 Å². The lowest BCUT2D eigenvalue weighted by molar-refractivity contribution is -0.133. The minimum atomic E-state index is -0.146. The van der Waals surface area contributed by atoms with Crippen molar-refractivity contribution in [2.24, 2.45) is 11.3 Å². The summed E-state index contributed by atoms with van der Waals surface area (Å²) in [5.41, 5.74) is -0.146. The van der Waals surface area contributed by atoms with Crippen molar-refractivity contribution in [1.82, 2.24) is 15.5 Å². The maximum absolute atomic E-state index is 12.8. The molecule has 0 radical (unpaired) electrons. The third-order valence-corrected chi connectivity index (χ3v) is 4.40. The van der Waals surface area contributed by atoms with Crippen LogP contribution in [0.3, 0.4) is 0 Å². The highest BCUT2D eigenvalue weighted by atomic mass is 16.2. The minimum absolute atomic E-state index is 0.146. The Morgan fingerprint density at radius 1 is 1.30 bits per heavy atom. The quantitative estimate of drug-likeness (QED) is 0.749. The van der Waals surface area contributed by atoms with Gasteiger partial charge in [-0.1, -0.05) is 20.8 Å². The van der Waals surface area contributed by atoms with E-state index < -0.39 is 0 Å². The molecule has 20 heavy (non-hydrogen) atoms. The molecule has 0 saturated carbocycles. The summed E-state index contributed by atoms with van der Waals surface area (Å²) in [6.45, 7) is 9.42. The zero-order valence-corrected chi connectivity index (χ0v) is 14.0. The van der Waals surface area contributed by atoms with Gasteiger partial charge in [-0.3, -0.25) is 4.79 Å². The average Bonchev–Trinajstić information content (AvgIpc) is 2.37. The summed E-state index contributed by atoms with van der Waals surface area (Å²) in [5.74, 6) is 0.875. The fraction of sp³-hybridized carbons (Fsp3) is 0.938. The first kappa shape index (κ1) is 17.4. The van der Waals surface area contributed by atoms with Crippen LogP contribution in [0.15, 0.2) is 0 Å². The van der Waals surface area contributed by atoms with Gasteiger partial charge in [-0.15, -0.1) is 0 Å². The Hall–Kier alpha value is -0.610. The predicted molar refractivity (Wildman–Crippen MR) is 84.8 cm³/mol. The zero-order valence-electron chi connectivity index (χ0n) is 14.0. The van der Waals surface area contributed by atoms with Crippen LogP contribution in [0.1, 0.15) is 46.5 Å². The number of nitrogens with one attached hydrogen (secondary N) is 2. The van der Waals surface area contributed by atoms with Gasteiger partial charge in [0.2, 0.25) is 5.91 Å². The number of hydrogen-bond acceptors (Lipinski definition) is 3. The van der Waals surface area contributed by atoms with E-state index in [2.05, 4.69) is 50.4 Å². The van der Waals surface area contributed by atoms with Crippen molar-refractivity contribution < 1.29 is 4.79 Å². The second kappa shape index (κ2) is 7.99. The lowest BCUT2D eigenvalue weighted by Gasteiger charge is -2.37. The van der Waals surface area contributed by atoms with Crippen molar-refractivity contribution in [3.63, 3.8) is 0 Å². The van der Waals surface area contributed by atoms with E-state index in [9.17, 15) is 4.79 Å². The molecular weight excluding hydrogens is 250 g/mol. The summed E-state index contributed by atoms with van der Waals surface area (Å²) in [7, 11) is 4.14. The summed E-state index contributed by atoms with van der Waals surface area (Å²) in [5, 5.41) is 6.69. The van der Waals surface area contributed by atoms with E-state index in [1.165, 1.54) is 0 Å². The molecule has 0 bridgehead atoms. The normalized spacial score (nSPS) is 20.1. The number of nitrogens with zero attached hydrogens (tertiary/aromatic N) is 1. The van der Waals surface area contributed by atoms with Gasteiger partial charge in [0, 0.05) is 12.6 Å². The Balaban J connectivity index is 2.67. The Labute approximate surface area is 124 Å². The van der Waals surface area contributed by atoms with Crippen LogP contribution < -0.4 is 10.6 Å². The molecular formula is C16H33N3O. The van der Waals surface area contributed by atoms with Crippen molar-refractivity contribution in [3.05, 3.63) is 0 Å². The first-order chi connectivity index (χ1) is 9.39. The predicted octanol–water partition coefficient (Wildman–Crippen LogP) is 1.86. The molecule has 0 aromatic heterocycles. The molecule has 1 aliphatic heterocycles. The molecule has 0 aromatic rings. The number of carbonyl (C=O) groups is 1. The fourth-order valence-electron chi connectivity index (χ4n) is 3.17. The van der Waals surface area contributed by atoms with Crippen molar-refractivity contribution >= 4 is 5.91 Å². The van der Waals surface area contributed by atoms with Gasteiger partial charge in [-0.2, -0.15) is 0 Å². The molecule has 0 spiro atoms. The Morgan fingerprint density at radius 2 is 1.90 bits per heavy atom. The molecule has 4 heteroatoms. The molecule has 1 unspecified atom stereocenters. The number of amides is 1. The van der Waals surface area contributed by atoms with Gasteiger partial charge in [0.1, 0.15) is 0 Å². The van der Waals surface area contributed by atoms with Crippen LogP contribution in [-0.4, -0.2) is 50.6 Å². The fourth-order valence-corrected chi connectivity index (χ4v) is 3.17. The van der Waals surface area contributed by atoms with Gasteiger partial charge >= 0.3 is 0 Å². The number of likely N-dealkylation sites (N-methyl/N-ethyl adjacent to an activating group) is 1. The minimum Gasteiger partial charge on any atom is -0.352 e. The first-order valence-electron chi connectivity index (χ1n) is 8.06. The number of hydrogen-bond donors (Lipinski definition) is 2. The summed E-state index contributed by atoms with van der Waals surface area (Å²) in [6.07, 6.45) is 3.91. The monoisotopic (exact) mass is 283 g/mol. The molecule has 4 nitrogen and oxygen atoms in total. The molecule has 0 aliphatic carbocycles. The molecule has 2 N–H and O–H groups in total. The van der Waals surface area contributed by atoms with Gasteiger partial charge in [0.15, 0.2) is 0 Å². The second-order valence-electron chi connectivity index (χ2n) is 6.95. The number of rotatable bonds is 7. The molecule has 1 atom stereocenters. The largest absolute Gasteiger partial charge is 0.352 e. The molecule has 1 saturated heterocycles. The van der Waals surface area contributed by atoms with E-state index in [0.717, 1.165) is 45.3 Å². The lowest BCUT2D eigenvalue weighted by atomic mass is 9.75. The molecule has 1 heterocycles. The Bertz CT molecular complexity index is 286. The van der Waals surface area contributed by atoms with Crippen LogP contribution in [0.4, 0.5) is 0 Å². The maximum atomic E-state index is 12.8. The molecule has 1 fully saturated rings. The highest BCUT2D eigenvalue weighted by Gasteiger charge is 2.38. The van der Waals surface area contributed by atoms with Gasteiger partial charge in [0.05, 0.1) is 5.41 Å². The van der Waals surface area contributed by atoms with E-state index in [1.54, 1.807) is 0 Å². The number of carbonyl (C=O) groups excluding carboxylic acids is 1. The molecule has 1 amide bonds. The third-order valence-electron chi connectivity index (χ3n) is 4.40. The van der Waals surface area contributed by atoms with Crippen LogP contribution in [0, 0.1) is 11.3 Å². The van der Waals surface area contributed by atoms with Crippen LogP contribution in [0.25, 0.3) is 0 Å². The Kier molecular flexibility index (Phi) is 6.96. The topological polar surface area (TPSA) is 44.4 Å². The van der Waals surface area contributed by atoms with Crippen molar-refractivity contribution in [2.75, 3.05) is 33.7 Å². The highest BCUT2D eigenvalue weighted by molar-refractivity contribution is 5.83. The van der Waals surface area contributed by atoms with E-state index in [0.29, 0.717) is 5.92 Å². The second-order valence-corrected chi connectivity index (χ2v) is 6.95. The maximum Gasteiger partial charge on any atom is 0.226 e. The standard InChI is InChI=1S/C16H33N3O/c1-6-16(7-9-17-10-8-16)15(20)18-14(11-13(2)3)12-19(4)5/h13-14,17H,6-12H2,1-5H3,(H,18,20). The first-order valence-corrected chi connectivity index (χ1v) is 8.06. The van der Waals surface area contributed by atoms with Crippen molar-refractivity contribution in [1.29, 1.82) is 0 Å². The Morgan fingerprint density at radius 3 is 2.35 bits per heavy atom. The van der Waals surface area contributed by atoms with Crippen molar-refractivity contribution in [2.45, 2.75) is 52.5 Å². The summed E-state index contributed by atoms with van der Waals surface area (Å²) in [6, 6.07) is 0.260. The van der Waals surface area contributed by atoms with Crippen LogP contribution in [0.5, 0.6) is 0 Å². The molecule has 0 aromatic carbocycles. The summed E-state index contributed by atoms with van der Waals surface area (Å²) in [4.78, 5) is 14.9. The molecule has 1 aliphatic rings.